The number of benzene rings is 1. The first-order valence-corrected chi connectivity index (χ1v) is 7.61. The number of allylic oxidation sites excluding steroid dienone is 1. The third-order valence-corrected chi connectivity index (χ3v) is 3.63. The Balaban J connectivity index is 2.02. The van der Waals surface area contributed by atoms with Crippen LogP contribution in [-0.2, 0) is 6.54 Å². The van der Waals surface area contributed by atoms with Crippen LogP contribution in [0.4, 0.5) is 0 Å². The number of rotatable bonds is 6. The van der Waals surface area contributed by atoms with E-state index in [1.54, 1.807) is 0 Å². The zero-order valence-corrected chi connectivity index (χ0v) is 13.4. The van der Waals surface area contributed by atoms with E-state index < -0.39 is 0 Å². The van der Waals surface area contributed by atoms with Crippen LogP contribution < -0.4 is 5.32 Å². The van der Waals surface area contributed by atoms with Gasteiger partial charge in [-0.15, -0.1) is 6.58 Å². The molecule has 1 aromatic carbocycles. The van der Waals surface area contributed by atoms with Gasteiger partial charge in [0.1, 0.15) is 0 Å². The Morgan fingerprint density at radius 1 is 1.36 bits per heavy atom. The van der Waals surface area contributed by atoms with E-state index in [2.05, 4.69) is 58.1 Å². The number of aliphatic imine (C=N–C) groups is 1. The van der Waals surface area contributed by atoms with Crippen molar-refractivity contribution in [3.8, 4) is 0 Å². The smallest absolute Gasteiger partial charge is 0.193 e. The normalized spacial score (nSPS) is 11.5. The Morgan fingerprint density at radius 2 is 2.18 bits per heavy atom. The third kappa shape index (κ3) is 4.07. The van der Waals surface area contributed by atoms with Gasteiger partial charge in [0, 0.05) is 38.8 Å². The second kappa shape index (κ2) is 8.17. The number of pyridine rings is 1. The summed E-state index contributed by atoms with van der Waals surface area (Å²) in [5.74, 6) is 0.900. The van der Waals surface area contributed by atoms with E-state index in [-0.39, 0.29) is 0 Å². The summed E-state index contributed by atoms with van der Waals surface area (Å²) in [4.78, 5) is 11.0. The number of nitrogens with zero attached hydrogens (tertiary/aromatic N) is 3. The Morgan fingerprint density at radius 3 is 2.95 bits per heavy atom. The molecule has 116 valence electrons. The lowest BCUT2D eigenvalue weighted by Crippen LogP contribution is -2.39. The first-order chi connectivity index (χ1) is 10.8. The molecule has 4 nitrogen and oxygen atoms in total. The Bertz CT molecular complexity index is 643. The van der Waals surface area contributed by atoms with Crippen LogP contribution in [0.25, 0.3) is 10.9 Å². The van der Waals surface area contributed by atoms with Gasteiger partial charge in [0.25, 0.3) is 0 Å². The van der Waals surface area contributed by atoms with Crippen molar-refractivity contribution in [3.63, 3.8) is 0 Å². The summed E-state index contributed by atoms with van der Waals surface area (Å²) in [5.41, 5.74) is 2.22. The van der Waals surface area contributed by atoms with Crippen LogP contribution in [0.2, 0.25) is 0 Å². The van der Waals surface area contributed by atoms with Crippen molar-refractivity contribution in [2.45, 2.75) is 19.4 Å². The highest BCUT2D eigenvalue weighted by molar-refractivity contribution is 5.83. The highest BCUT2D eigenvalue weighted by atomic mass is 15.3. The highest BCUT2D eigenvalue weighted by Gasteiger charge is 2.07. The van der Waals surface area contributed by atoms with E-state index in [0.29, 0.717) is 6.54 Å². The number of nitrogens with one attached hydrogen (secondary N) is 1. The maximum atomic E-state index is 4.49. The summed E-state index contributed by atoms with van der Waals surface area (Å²) >= 11 is 0. The molecule has 0 atom stereocenters. The van der Waals surface area contributed by atoms with Crippen LogP contribution in [0.5, 0.6) is 0 Å². The minimum atomic E-state index is 0.715. The molecule has 0 amide bonds. The molecule has 0 spiro atoms. The molecule has 22 heavy (non-hydrogen) atoms. The molecule has 1 heterocycles. The van der Waals surface area contributed by atoms with Crippen LogP contribution >= 0.6 is 0 Å². The van der Waals surface area contributed by atoms with Gasteiger partial charge in [0.2, 0.25) is 0 Å². The molecule has 0 unspecified atom stereocenters. The predicted octanol–water partition coefficient (Wildman–Crippen LogP) is 3.21. The van der Waals surface area contributed by atoms with Gasteiger partial charge in [-0.05, 0) is 24.5 Å². The summed E-state index contributed by atoms with van der Waals surface area (Å²) in [6.45, 7) is 5.43. The number of para-hydroxylation sites is 1. The molecule has 0 aliphatic carbocycles. The van der Waals surface area contributed by atoms with E-state index in [0.717, 1.165) is 36.2 Å². The van der Waals surface area contributed by atoms with Crippen LogP contribution in [0.15, 0.2) is 54.2 Å². The number of guanidine groups is 1. The number of unbranched alkanes of at least 4 members (excludes halogenated alkanes) is 1. The zero-order valence-electron chi connectivity index (χ0n) is 13.4. The fraction of sp³-hybridized carbons (Fsp3) is 0.333. The van der Waals surface area contributed by atoms with Crippen molar-refractivity contribution in [2.24, 2.45) is 4.99 Å². The van der Waals surface area contributed by atoms with E-state index in [1.165, 1.54) is 5.56 Å². The average Bonchev–Trinajstić information content (AvgIpc) is 2.56. The Hall–Kier alpha value is -2.36. The summed E-state index contributed by atoms with van der Waals surface area (Å²) in [6, 6.07) is 10.3. The van der Waals surface area contributed by atoms with Gasteiger partial charge in [-0.2, -0.15) is 0 Å². The lowest BCUT2D eigenvalue weighted by molar-refractivity contribution is 0.470. The standard InChI is InChI=1S/C18H24N4/c1-4-5-6-13-22(3)18(19-2)21-14-16-10-7-9-15-11-8-12-20-17(15)16/h4,7-12H,1,5-6,13-14H2,2-3H3,(H,19,21). The predicted molar refractivity (Wildman–Crippen MR) is 94.0 cm³/mol. The quantitative estimate of drug-likeness (QED) is 0.385. The van der Waals surface area contributed by atoms with Crippen molar-refractivity contribution in [1.29, 1.82) is 0 Å². The maximum absolute atomic E-state index is 4.49. The van der Waals surface area contributed by atoms with Gasteiger partial charge < -0.3 is 10.2 Å². The Labute approximate surface area is 132 Å². The van der Waals surface area contributed by atoms with Gasteiger partial charge in [-0.1, -0.05) is 30.3 Å². The number of hydrogen-bond donors (Lipinski definition) is 1. The monoisotopic (exact) mass is 296 g/mol. The van der Waals surface area contributed by atoms with Crippen molar-refractivity contribution in [1.82, 2.24) is 15.2 Å². The van der Waals surface area contributed by atoms with Crippen LogP contribution in [-0.4, -0.2) is 36.5 Å². The maximum Gasteiger partial charge on any atom is 0.193 e. The summed E-state index contributed by atoms with van der Waals surface area (Å²) in [7, 11) is 3.87. The molecule has 1 aromatic heterocycles. The van der Waals surface area contributed by atoms with Crippen LogP contribution in [0.3, 0.4) is 0 Å². The minimum Gasteiger partial charge on any atom is -0.352 e. The summed E-state index contributed by atoms with van der Waals surface area (Å²) in [5, 5.41) is 4.58. The lowest BCUT2D eigenvalue weighted by Gasteiger charge is -2.22. The van der Waals surface area contributed by atoms with Gasteiger partial charge in [0.15, 0.2) is 5.96 Å². The molecule has 1 N–H and O–H groups in total. The molecule has 2 rings (SSSR count). The molecule has 0 saturated heterocycles. The largest absolute Gasteiger partial charge is 0.352 e. The molecule has 0 fully saturated rings. The summed E-state index contributed by atoms with van der Waals surface area (Å²) < 4.78 is 0. The SMILES string of the molecule is C=CCCCN(C)C(=NC)NCc1cccc2cccnc12. The van der Waals surface area contributed by atoms with Gasteiger partial charge >= 0.3 is 0 Å². The molecule has 0 saturated carbocycles. The second-order valence-electron chi connectivity index (χ2n) is 5.25. The average molecular weight is 296 g/mol. The first kappa shape index (κ1) is 16.0. The van der Waals surface area contributed by atoms with Gasteiger partial charge in [-0.3, -0.25) is 9.98 Å². The number of aromatic nitrogens is 1. The fourth-order valence-corrected chi connectivity index (χ4v) is 2.45. The van der Waals surface area contributed by atoms with E-state index in [4.69, 9.17) is 0 Å². The fourth-order valence-electron chi connectivity index (χ4n) is 2.45. The Kier molecular flexibility index (Phi) is 5.95. The van der Waals surface area contributed by atoms with Crippen molar-refractivity contribution < 1.29 is 0 Å². The minimum absolute atomic E-state index is 0.715. The van der Waals surface area contributed by atoms with Gasteiger partial charge in [-0.25, -0.2) is 0 Å². The van der Waals surface area contributed by atoms with E-state index in [1.807, 2.05) is 25.4 Å². The topological polar surface area (TPSA) is 40.5 Å². The molecular formula is C18H24N4. The van der Waals surface area contributed by atoms with Gasteiger partial charge in [0.05, 0.1) is 5.52 Å². The zero-order chi connectivity index (χ0) is 15.8. The van der Waals surface area contributed by atoms with E-state index >= 15 is 0 Å². The first-order valence-electron chi connectivity index (χ1n) is 7.61. The molecule has 0 aliphatic rings. The van der Waals surface area contributed by atoms with E-state index in [9.17, 15) is 0 Å². The number of hydrogen-bond acceptors (Lipinski definition) is 2. The second-order valence-corrected chi connectivity index (χ2v) is 5.25. The third-order valence-electron chi connectivity index (χ3n) is 3.63. The van der Waals surface area contributed by atoms with Crippen molar-refractivity contribution >= 4 is 16.9 Å². The van der Waals surface area contributed by atoms with Crippen LogP contribution in [0.1, 0.15) is 18.4 Å². The molecule has 2 aromatic rings. The lowest BCUT2D eigenvalue weighted by atomic mass is 10.1. The summed E-state index contributed by atoms with van der Waals surface area (Å²) in [6.07, 6.45) is 5.89. The molecular weight excluding hydrogens is 272 g/mol. The van der Waals surface area contributed by atoms with Crippen molar-refractivity contribution in [3.05, 3.63) is 54.7 Å². The molecule has 4 heteroatoms. The highest BCUT2D eigenvalue weighted by Crippen LogP contribution is 2.15. The molecule has 0 bridgehead atoms. The number of fused-ring (bicyclic) bond motifs is 1. The molecule has 0 radical (unpaired) electrons. The molecule has 0 aliphatic heterocycles. The van der Waals surface area contributed by atoms with Crippen molar-refractivity contribution in [2.75, 3.05) is 20.6 Å². The van der Waals surface area contributed by atoms with Crippen LogP contribution in [0, 0.1) is 0 Å².